The van der Waals surface area contributed by atoms with Crippen LogP contribution in [0, 0.1) is 12.3 Å². The number of ether oxygens (including phenoxy) is 1. The predicted molar refractivity (Wildman–Crippen MR) is 122 cm³/mol. The summed E-state index contributed by atoms with van der Waals surface area (Å²) >= 11 is 0. The molecule has 0 bridgehead atoms. The highest BCUT2D eigenvalue weighted by Crippen LogP contribution is 2.32. The molecule has 1 aliphatic heterocycles. The van der Waals surface area contributed by atoms with E-state index in [1.807, 2.05) is 24.4 Å². The third-order valence-corrected chi connectivity index (χ3v) is 5.23. The Labute approximate surface area is 178 Å². The van der Waals surface area contributed by atoms with Crippen LogP contribution in [0.3, 0.4) is 0 Å². The van der Waals surface area contributed by atoms with Crippen LogP contribution in [0.2, 0.25) is 0 Å². The van der Waals surface area contributed by atoms with E-state index in [2.05, 4.69) is 66.0 Å². The Hall–Kier alpha value is -3.58. The number of hydrogen-bond acceptors (Lipinski definition) is 4. The lowest BCUT2D eigenvalue weighted by Gasteiger charge is -2.30. The first-order valence-corrected chi connectivity index (χ1v) is 10.1. The van der Waals surface area contributed by atoms with E-state index in [1.165, 1.54) is 5.56 Å². The molecule has 0 atom stereocenters. The normalized spacial score (nSPS) is 12.9. The summed E-state index contributed by atoms with van der Waals surface area (Å²) in [6, 6.07) is 18.8. The highest BCUT2D eigenvalue weighted by Gasteiger charge is 2.22. The maximum absolute atomic E-state index is 5.69. The number of benzene rings is 2. The van der Waals surface area contributed by atoms with Crippen LogP contribution in [0.15, 0.2) is 72.0 Å². The zero-order valence-corrected chi connectivity index (χ0v) is 17.4. The highest BCUT2D eigenvalue weighted by atomic mass is 16.5. The number of aromatic nitrogens is 1. The molecule has 4 nitrogen and oxygen atoms in total. The first-order valence-electron chi connectivity index (χ1n) is 10.1. The van der Waals surface area contributed by atoms with Gasteiger partial charge >= 0.3 is 0 Å². The SMILES string of the molecule is C#CCOc1ccc2c(c1)C(c1ccc(C(C)C)cc1)=NCN2Cc1cccnc1. The molecule has 0 spiro atoms. The molecule has 0 saturated carbocycles. The van der Waals surface area contributed by atoms with Crippen LogP contribution < -0.4 is 9.64 Å². The summed E-state index contributed by atoms with van der Waals surface area (Å²) in [5.74, 6) is 3.78. The van der Waals surface area contributed by atoms with Crippen molar-refractivity contribution < 1.29 is 4.74 Å². The fraction of sp³-hybridized carbons (Fsp3) is 0.231. The zero-order chi connectivity index (χ0) is 20.9. The van der Waals surface area contributed by atoms with E-state index in [-0.39, 0.29) is 6.61 Å². The van der Waals surface area contributed by atoms with Crippen molar-refractivity contribution >= 4 is 11.4 Å². The molecular formula is C26H25N3O. The Morgan fingerprint density at radius 3 is 2.67 bits per heavy atom. The summed E-state index contributed by atoms with van der Waals surface area (Å²) in [5, 5.41) is 0. The second kappa shape index (κ2) is 8.84. The van der Waals surface area contributed by atoms with Crippen LogP contribution in [0.4, 0.5) is 5.69 Å². The first kappa shape index (κ1) is 19.7. The molecule has 2 heterocycles. The van der Waals surface area contributed by atoms with Gasteiger partial charge in [-0.3, -0.25) is 9.98 Å². The number of nitrogens with zero attached hydrogens (tertiary/aromatic N) is 3. The van der Waals surface area contributed by atoms with E-state index in [4.69, 9.17) is 16.2 Å². The molecule has 150 valence electrons. The Balaban J connectivity index is 1.71. The number of terminal acetylenes is 1. The van der Waals surface area contributed by atoms with Gasteiger partial charge in [-0.25, -0.2) is 0 Å². The fourth-order valence-corrected chi connectivity index (χ4v) is 3.63. The lowest BCUT2D eigenvalue weighted by Crippen LogP contribution is -2.29. The number of pyridine rings is 1. The van der Waals surface area contributed by atoms with E-state index in [0.29, 0.717) is 12.6 Å². The molecule has 0 unspecified atom stereocenters. The van der Waals surface area contributed by atoms with Crippen molar-refractivity contribution in [2.45, 2.75) is 26.3 Å². The lowest BCUT2D eigenvalue weighted by molar-refractivity contribution is 0.370. The Morgan fingerprint density at radius 1 is 1.13 bits per heavy atom. The lowest BCUT2D eigenvalue weighted by atomic mass is 9.95. The minimum atomic E-state index is 0.244. The van der Waals surface area contributed by atoms with Crippen LogP contribution in [-0.2, 0) is 6.54 Å². The van der Waals surface area contributed by atoms with E-state index < -0.39 is 0 Å². The van der Waals surface area contributed by atoms with E-state index in [0.717, 1.165) is 40.4 Å². The molecule has 0 aliphatic carbocycles. The van der Waals surface area contributed by atoms with Gasteiger partial charge in [-0.05, 0) is 41.3 Å². The van der Waals surface area contributed by atoms with Crippen molar-refractivity contribution in [1.29, 1.82) is 0 Å². The summed E-state index contributed by atoms with van der Waals surface area (Å²) in [7, 11) is 0. The predicted octanol–water partition coefficient (Wildman–Crippen LogP) is 5.03. The summed E-state index contributed by atoms with van der Waals surface area (Å²) in [4.78, 5) is 11.4. The summed E-state index contributed by atoms with van der Waals surface area (Å²) in [6.07, 6.45) is 9.05. The van der Waals surface area contributed by atoms with Crippen molar-refractivity contribution in [1.82, 2.24) is 4.98 Å². The van der Waals surface area contributed by atoms with Gasteiger partial charge in [0.2, 0.25) is 0 Å². The number of hydrogen-bond donors (Lipinski definition) is 0. The monoisotopic (exact) mass is 395 g/mol. The number of rotatable bonds is 6. The van der Waals surface area contributed by atoms with Gasteiger partial charge < -0.3 is 9.64 Å². The quantitative estimate of drug-likeness (QED) is 0.549. The molecule has 4 heteroatoms. The molecule has 30 heavy (non-hydrogen) atoms. The van der Waals surface area contributed by atoms with Gasteiger partial charge in [-0.1, -0.05) is 50.1 Å². The summed E-state index contributed by atoms with van der Waals surface area (Å²) in [5.41, 5.74) is 6.74. The Bertz CT molecular complexity index is 1080. The van der Waals surface area contributed by atoms with Crippen molar-refractivity contribution in [2.75, 3.05) is 18.2 Å². The fourth-order valence-electron chi connectivity index (χ4n) is 3.63. The standard InChI is InChI=1S/C26H25N3O/c1-4-14-30-23-11-12-25-24(15-23)26(22-9-7-21(8-10-22)19(2)3)28-18-29(25)17-20-6-5-13-27-16-20/h1,5-13,15-16,19H,14,17-18H2,2-3H3. The van der Waals surface area contributed by atoms with Gasteiger partial charge in [-0.2, -0.15) is 0 Å². The van der Waals surface area contributed by atoms with Gasteiger partial charge in [0.05, 0.1) is 5.71 Å². The van der Waals surface area contributed by atoms with Crippen LogP contribution in [0.25, 0.3) is 0 Å². The average molecular weight is 396 g/mol. The van der Waals surface area contributed by atoms with Gasteiger partial charge in [0, 0.05) is 35.8 Å². The third kappa shape index (κ3) is 4.21. The van der Waals surface area contributed by atoms with Crippen LogP contribution in [0.1, 0.15) is 42.0 Å². The Kier molecular flexibility index (Phi) is 5.81. The molecule has 0 saturated heterocycles. The third-order valence-electron chi connectivity index (χ3n) is 5.23. The second-order valence-corrected chi connectivity index (χ2v) is 7.66. The molecule has 2 aromatic carbocycles. The maximum atomic E-state index is 5.69. The molecule has 3 aromatic rings. The molecule has 0 radical (unpaired) electrons. The number of aliphatic imine (C=N–C) groups is 1. The van der Waals surface area contributed by atoms with Gasteiger partial charge in [-0.15, -0.1) is 6.42 Å². The molecule has 1 aromatic heterocycles. The average Bonchev–Trinajstić information content (AvgIpc) is 2.78. The zero-order valence-electron chi connectivity index (χ0n) is 17.4. The number of anilines is 1. The molecule has 0 N–H and O–H groups in total. The minimum Gasteiger partial charge on any atom is -0.481 e. The van der Waals surface area contributed by atoms with Gasteiger partial charge in [0.15, 0.2) is 0 Å². The van der Waals surface area contributed by atoms with Gasteiger partial charge in [0.25, 0.3) is 0 Å². The first-order chi connectivity index (χ1) is 14.7. The smallest absolute Gasteiger partial charge is 0.148 e. The van der Waals surface area contributed by atoms with Gasteiger partial charge in [0.1, 0.15) is 19.0 Å². The van der Waals surface area contributed by atoms with Crippen molar-refractivity contribution in [3.63, 3.8) is 0 Å². The second-order valence-electron chi connectivity index (χ2n) is 7.66. The van der Waals surface area contributed by atoms with Crippen molar-refractivity contribution in [3.8, 4) is 18.1 Å². The topological polar surface area (TPSA) is 37.7 Å². The highest BCUT2D eigenvalue weighted by molar-refractivity contribution is 6.17. The summed E-state index contributed by atoms with van der Waals surface area (Å²) < 4.78 is 5.69. The Morgan fingerprint density at radius 2 is 1.97 bits per heavy atom. The largest absolute Gasteiger partial charge is 0.481 e. The van der Waals surface area contributed by atoms with Crippen molar-refractivity contribution in [3.05, 3.63) is 89.2 Å². The van der Waals surface area contributed by atoms with Crippen LogP contribution in [0.5, 0.6) is 5.75 Å². The molecule has 1 aliphatic rings. The van der Waals surface area contributed by atoms with Crippen LogP contribution in [-0.4, -0.2) is 24.0 Å². The molecule has 4 rings (SSSR count). The van der Waals surface area contributed by atoms with Crippen molar-refractivity contribution in [2.24, 2.45) is 4.99 Å². The molecular weight excluding hydrogens is 370 g/mol. The van der Waals surface area contributed by atoms with Crippen LogP contribution >= 0.6 is 0 Å². The van der Waals surface area contributed by atoms with E-state index in [9.17, 15) is 0 Å². The molecule has 0 amide bonds. The minimum absolute atomic E-state index is 0.244. The number of fused-ring (bicyclic) bond motifs is 1. The van der Waals surface area contributed by atoms with E-state index in [1.54, 1.807) is 6.20 Å². The van der Waals surface area contributed by atoms with E-state index >= 15 is 0 Å². The molecule has 0 fully saturated rings. The maximum Gasteiger partial charge on any atom is 0.148 e. The summed E-state index contributed by atoms with van der Waals surface area (Å²) in [6.45, 7) is 5.98.